The Hall–Kier alpha value is -2.88. The maximum absolute atomic E-state index is 12.7. The number of nitrogens with zero attached hydrogens (tertiary/aromatic N) is 2. The Bertz CT molecular complexity index is 889. The summed E-state index contributed by atoms with van der Waals surface area (Å²) in [6.45, 7) is 1.33. The second-order valence-electron chi connectivity index (χ2n) is 6.83. The lowest BCUT2D eigenvalue weighted by Gasteiger charge is -2.25. The zero-order valence-corrected chi connectivity index (χ0v) is 14.8. The molecule has 1 N–H and O–H groups in total. The first-order valence-electron chi connectivity index (χ1n) is 9.22. The Balaban J connectivity index is 1.42. The van der Waals surface area contributed by atoms with Crippen molar-refractivity contribution in [3.05, 3.63) is 78.0 Å². The number of para-hydroxylation sites is 1. The molecule has 132 valence electrons. The van der Waals surface area contributed by atoms with E-state index in [1.807, 2.05) is 41.3 Å². The lowest BCUT2D eigenvalue weighted by atomic mass is 10.0. The summed E-state index contributed by atoms with van der Waals surface area (Å²) in [6, 6.07) is 20.8. The number of rotatable bonds is 4. The van der Waals surface area contributed by atoms with Crippen LogP contribution in [0, 0.1) is 0 Å². The number of hydrogen-bond donors (Lipinski definition) is 1. The van der Waals surface area contributed by atoms with Gasteiger partial charge in [0.2, 0.25) is 0 Å². The Labute approximate surface area is 153 Å². The molecule has 2 aromatic carbocycles. The molecule has 4 nitrogen and oxygen atoms in total. The molecule has 0 unspecified atom stereocenters. The molecule has 0 bridgehead atoms. The molecular formula is C22H23N3O. The van der Waals surface area contributed by atoms with Crippen LogP contribution in [-0.2, 0) is 13.0 Å². The van der Waals surface area contributed by atoms with E-state index in [4.69, 9.17) is 0 Å². The number of carbonyl (C=O) groups excluding carboxylic acids is 1. The van der Waals surface area contributed by atoms with Crippen LogP contribution in [0.5, 0.6) is 0 Å². The van der Waals surface area contributed by atoms with Gasteiger partial charge in [-0.25, -0.2) is 4.79 Å². The average molecular weight is 345 g/mol. The number of amides is 2. The van der Waals surface area contributed by atoms with Gasteiger partial charge in [0.1, 0.15) is 0 Å². The van der Waals surface area contributed by atoms with Crippen LogP contribution in [0.4, 0.5) is 4.79 Å². The molecule has 1 atom stereocenters. The molecule has 1 fully saturated rings. The number of aromatic nitrogens is 1. The third-order valence-electron chi connectivity index (χ3n) is 5.10. The summed E-state index contributed by atoms with van der Waals surface area (Å²) < 4.78 is 0. The van der Waals surface area contributed by atoms with Gasteiger partial charge in [-0.3, -0.25) is 4.98 Å². The summed E-state index contributed by atoms with van der Waals surface area (Å²) in [5, 5.41) is 4.20. The fourth-order valence-electron chi connectivity index (χ4n) is 3.78. The van der Waals surface area contributed by atoms with E-state index in [1.165, 1.54) is 5.56 Å². The zero-order chi connectivity index (χ0) is 17.8. The third-order valence-corrected chi connectivity index (χ3v) is 5.10. The van der Waals surface area contributed by atoms with Crippen molar-refractivity contribution < 1.29 is 4.79 Å². The van der Waals surface area contributed by atoms with Crippen molar-refractivity contribution in [3.8, 4) is 0 Å². The van der Waals surface area contributed by atoms with Crippen LogP contribution in [0.3, 0.4) is 0 Å². The standard InChI is InChI=1S/C22H23N3O/c26-22(24-16-19-10-4-9-18-11-5-13-23-21(18)19)25-14-6-12-20(25)15-17-7-2-1-3-8-17/h1-5,7-11,13,20H,6,12,14-16H2,(H,24,26)/t20-/m1/s1. The first-order chi connectivity index (χ1) is 12.8. The number of likely N-dealkylation sites (tertiary alicyclic amines) is 1. The highest BCUT2D eigenvalue weighted by atomic mass is 16.2. The summed E-state index contributed by atoms with van der Waals surface area (Å²) >= 11 is 0. The number of nitrogens with one attached hydrogen (secondary N) is 1. The van der Waals surface area contributed by atoms with Gasteiger partial charge >= 0.3 is 6.03 Å². The maximum Gasteiger partial charge on any atom is 0.317 e. The first kappa shape index (κ1) is 16.6. The molecule has 1 aliphatic heterocycles. The molecular weight excluding hydrogens is 322 g/mol. The van der Waals surface area contributed by atoms with Gasteiger partial charge in [-0.1, -0.05) is 54.6 Å². The normalized spacial score (nSPS) is 16.8. The van der Waals surface area contributed by atoms with E-state index < -0.39 is 0 Å². The molecule has 26 heavy (non-hydrogen) atoms. The number of hydrogen-bond acceptors (Lipinski definition) is 2. The largest absolute Gasteiger partial charge is 0.334 e. The minimum Gasteiger partial charge on any atom is -0.334 e. The van der Waals surface area contributed by atoms with Gasteiger partial charge in [0.05, 0.1) is 5.52 Å². The van der Waals surface area contributed by atoms with Gasteiger partial charge in [0.25, 0.3) is 0 Å². The fraction of sp³-hybridized carbons (Fsp3) is 0.273. The van der Waals surface area contributed by atoms with Crippen LogP contribution < -0.4 is 5.32 Å². The van der Waals surface area contributed by atoms with E-state index in [0.29, 0.717) is 6.54 Å². The highest BCUT2D eigenvalue weighted by molar-refractivity contribution is 5.82. The summed E-state index contributed by atoms with van der Waals surface area (Å²) in [4.78, 5) is 19.2. The van der Waals surface area contributed by atoms with Crippen LogP contribution >= 0.6 is 0 Å². The van der Waals surface area contributed by atoms with Crippen molar-refractivity contribution in [2.24, 2.45) is 0 Å². The zero-order valence-electron chi connectivity index (χ0n) is 14.8. The van der Waals surface area contributed by atoms with Gasteiger partial charge in [0.15, 0.2) is 0 Å². The molecule has 0 saturated carbocycles. The molecule has 4 rings (SSSR count). The van der Waals surface area contributed by atoms with Crippen molar-refractivity contribution in [2.45, 2.75) is 31.8 Å². The predicted octanol–water partition coefficient (Wildman–Crippen LogP) is 4.15. The SMILES string of the molecule is O=C(NCc1cccc2cccnc12)N1CCC[C@@H]1Cc1ccccc1. The third kappa shape index (κ3) is 3.54. The Morgan fingerprint density at radius 3 is 2.81 bits per heavy atom. The first-order valence-corrected chi connectivity index (χ1v) is 9.22. The molecule has 1 aromatic heterocycles. The molecule has 3 aromatic rings. The molecule has 4 heteroatoms. The van der Waals surface area contributed by atoms with Gasteiger partial charge in [-0.2, -0.15) is 0 Å². The lowest BCUT2D eigenvalue weighted by Crippen LogP contribution is -2.43. The monoisotopic (exact) mass is 345 g/mol. The van der Waals surface area contributed by atoms with E-state index in [9.17, 15) is 4.79 Å². The second kappa shape index (κ2) is 7.56. The van der Waals surface area contributed by atoms with Gasteiger partial charge in [0, 0.05) is 30.7 Å². The number of urea groups is 1. The minimum absolute atomic E-state index is 0.0244. The Morgan fingerprint density at radius 1 is 1.08 bits per heavy atom. The summed E-state index contributed by atoms with van der Waals surface area (Å²) in [6.07, 6.45) is 4.85. The molecule has 2 heterocycles. The van der Waals surface area contributed by atoms with E-state index in [-0.39, 0.29) is 12.1 Å². The minimum atomic E-state index is 0.0244. The summed E-state index contributed by atoms with van der Waals surface area (Å²) in [5.41, 5.74) is 3.29. The van der Waals surface area contributed by atoms with E-state index >= 15 is 0 Å². The van der Waals surface area contributed by atoms with Crippen molar-refractivity contribution in [1.82, 2.24) is 15.2 Å². The van der Waals surface area contributed by atoms with Crippen LogP contribution in [-0.4, -0.2) is 28.5 Å². The molecule has 1 aliphatic rings. The number of pyridine rings is 1. The smallest absolute Gasteiger partial charge is 0.317 e. The average Bonchev–Trinajstić information content (AvgIpc) is 3.15. The van der Waals surface area contributed by atoms with Crippen LogP contribution in [0.15, 0.2) is 66.9 Å². The number of fused-ring (bicyclic) bond motifs is 1. The van der Waals surface area contributed by atoms with Crippen molar-refractivity contribution in [1.29, 1.82) is 0 Å². The van der Waals surface area contributed by atoms with Crippen LogP contribution in [0.25, 0.3) is 10.9 Å². The van der Waals surface area contributed by atoms with Crippen molar-refractivity contribution in [3.63, 3.8) is 0 Å². The number of benzene rings is 2. The van der Waals surface area contributed by atoms with Gasteiger partial charge in [-0.05, 0) is 36.5 Å². The Morgan fingerprint density at radius 2 is 1.92 bits per heavy atom. The second-order valence-corrected chi connectivity index (χ2v) is 6.83. The van der Waals surface area contributed by atoms with Gasteiger partial charge < -0.3 is 10.2 Å². The highest BCUT2D eigenvalue weighted by Gasteiger charge is 2.28. The maximum atomic E-state index is 12.7. The molecule has 0 spiro atoms. The van der Waals surface area contributed by atoms with Gasteiger partial charge in [-0.15, -0.1) is 0 Å². The summed E-state index contributed by atoms with van der Waals surface area (Å²) in [7, 11) is 0. The van der Waals surface area contributed by atoms with Crippen molar-refractivity contribution >= 4 is 16.9 Å². The highest BCUT2D eigenvalue weighted by Crippen LogP contribution is 2.22. The Kier molecular flexibility index (Phi) is 4.82. The molecule has 0 radical (unpaired) electrons. The predicted molar refractivity (Wildman–Crippen MR) is 104 cm³/mol. The fourth-order valence-corrected chi connectivity index (χ4v) is 3.78. The topological polar surface area (TPSA) is 45.2 Å². The molecule has 1 saturated heterocycles. The van der Waals surface area contributed by atoms with E-state index in [0.717, 1.165) is 42.3 Å². The lowest BCUT2D eigenvalue weighted by molar-refractivity contribution is 0.192. The van der Waals surface area contributed by atoms with E-state index in [2.05, 4.69) is 34.6 Å². The van der Waals surface area contributed by atoms with E-state index in [1.54, 1.807) is 6.20 Å². The molecule has 2 amide bonds. The van der Waals surface area contributed by atoms with Crippen molar-refractivity contribution in [2.75, 3.05) is 6.54 Å². The van der Waals surface area contributed by atoms with Crippen LogP contribution in [0.1, 0.15) is 24.0 Å². The summed E-state index contributed by atoms with van der Waals surface area (Å²) in [5.74, 6) is 0. The quantitative estimate of drug-likeness (QED) is 0.772. The van der Waals surface area contributed by atoms with Crippen LogP contribution in [0.2, 0.25) is 0 Å². The molecule has 0 aliphatic carbocycles. The number of carbonyl (C=O) groups is 1.